The number of halogens is 5. The fourth-order valence-electron chi connectivity index (χ4n) is 2.06. The third-order valence-corrected chi connectivity index (χ3v) is 3.53. The lowest BCUT2D eigenvalue weighted by Gasteiger charge is -2.14. The number of alkyl halides is 3. The zero-order chi connectivity index (χ0) is 15.9. The molecule has 0 aliphatic rings. The summed E-state index contributed by atoms with van der Waals surface area (Å²) in [4.78, 5) is 0. The molecule has 1 heterocycles. The van der Waals surface area contributed by atoms with Gasteiger partial charge in [-0.3, -0.25) is 4.68 Å². The standard InChI is InChI=1S/C13H11ClF4N2O/c1-6-10(12(14)20(2)19-6)11(21)7-3-4-8(9(15)5-7)13(16,17)18/h3-5,11,21H,1-2H3. The third kappa shape index (κ3) is 2.89. The minimum Gasteiger partial charge on any atom is -0.383 e. The van der Waals surface area contributed by atoms with E-state index in [1.54, 1.807) is 14.0 Å². The summed E-state index contributed by atoms with van der Waals surface area (Å²) in [5, 5.41) is 14.3. The summed E-state index contributed by atoms with van der Waals surface area (Å²) in [7, 11) is 1.55. The molecule has 1 unspecified atom stereocenters. The molecular formula is C13H11ClF4N2O. The van der Waals surface area contributed by atoms with Crippen molar-refractivity contribution in [2.45, 2.75) is 19.2 Å². The molecule has 0 aliphatic carbocycles. The van der Waals surface area contributed by atoms with Crippen LogP contribution in [0.5, 0.6) is 0 Å². The molecule has 2 rings (SSSR count). The molecule has 1 aromatic heterocycles. The summed E-state index contributed by atoms with van der Waals surface area (Å²) in [6.07, 6.45) is -6.14. The van der Waals surface area contributed by atoms with Crippen molar-refractivity contribution in [1.82, 2.24) is 9.78 Å². The number of hydrogen-bond donors (Lipinski definition) is 1. The van der Waals surface area contributed by atoms with Crippen LogP contribution in [0.1, 0.15) is 28.5 Å². The van der Waals surface area contributed by atoms with Crippen LogP contribution >= 0.6 is 11.6 Å². The molecule has 1 aromatic carbocycles. The number of nitrogens with zero attached hydrogens (tertiary/aromatic N) is 2. The zero-order valence-corrected chi connectivity index (χ0v) is 11.8. The largest absolute Gasteiger partial charge is 0.419 e. The normalized spacial score (nSPS) is 13.5. The summed E-state index contributed by atoms with van der Waals surface area (Å²) in [5.74, 6) is -1.45. The van der Waals surface area contributed by atoms with E-state index in [0.717, 1.165) is 6.07 Å². The molecule has 3 nitrogen and oxygen atoms in total. The van der Waals surface area contributed by atoms with Crippen LogP contribution in [0, 0.1) is 12.7 Å². The van der Waals surface area contributed by atoms with E-state index in [1.165, 1.54) is 4.68 Å². The van der Waals surface area contributed by atoms with Gasteiger partial charge in [0.2, 0.25) is 0 Å². The first-order valence-corrected chi connectivity index (χ1v) is 6.24. The van der Waals surface area contributed by atoms with Gasteiger partial charge in [-0.25, -0.2) is 4.39 Å². The van der Waals surface area contributed by atoms with E-state index >= 15 is 0 Å². The van der Waals surface area contributed by atoms with E-state index in [1.807, 2.05) is 0 Å². The van der Waals surface area contributed by atoms with Crippen LogP contribution in [-0.2, 0) is 13.2 Å². The van der Waals surface area contributed by atoms with Crippen LogP contribution in [0.15, 0.2) is 18.2 Å². The van der Waals surface area contributed by atoms with Crippen LogP contribution in [0.3, 0.4) is 0 Å². The first kappa shape index (κ1) is 15.8. The zero-order valence-electron chi connectivity index (χ0n) is 11.0. The summed E-state index contributed by atoms with van der Waals surface area (Å²) >= 11 is 5.97. The summed E-state index contributed by atoms with van der Waals surface area (Å²) < 4.78 is 52.4. The smallest absolute Gasteiger partial charge is 0.383 e. The number of aromatic nitrogens is 2. The molecule has 0 fully saturated rings. The summed E-state index contributed by atoms with van der Waals surface area (Å²) in [6.45, 7) is 1.59. The predicted molar refractivity (Wildman–Crippen MR) is 68.4 cm³/mol. The lowest BCUT2D eigenvalue weighted by molar-refractivity contribution is -0.140. The van der Waals surface area contributed by atoms with Gasteiger partial charge in [-0.05, 0) is 24.6 Å². The van der Waals surface area contributed by atoms with Crippen LogP contribution < -0.4 is 0 Å². The maximum absolute atomic E-state index is 13.5. The Morgan fingerprint density at radius 2 is 1.95 bits per heavy atom. The minimum absolute atomic E-state index is 0.0292. The van der Waals surface area contributed by atoms with E-state index in [0.29, 0.717) is 17.8 Å². The summed E-state index contributed by atoms with van der Waals surface area (Å²) in [5.41, 5.74) is -0.764. The molecule has 0 saturated heterocycles. The molecule has 0 bridgehead atoms. The number of aryl methyl sites for hydroxylation is 2. The van der Waals surface area contributed by atoms with Gasteiger partial charge in [0.25, 0.3) is 0 Å². The molecule has 21 heavy (non-hydrogen) atoms. The molecule has 0 saturated carbocycles. The second kappa shape index (κ2) is 5.31. The highest BCUT2D eigenvalue weighted by molar-refractivity contribution is 6.30. The highest BCUT2D eigenvalue weighted by Gasteiger charge is 2.34. The number of benzene rings is 1. The minimum atomic E-state index is -4.78. The lowest BCUT2D eigenvalue weighted by atomic mass is 10.0. The monoisotopic (exact) mass is 322 g/mol. The Labute approximate surface area is 122 Å². The fourth-order valence-corrected chi connectivity index (χ4v) is 2.33. The molecule has 0 aliphatic heterocycles. The van der Waals surface area contributed by atoms with Crippen molar-refractivity contribution in [2.24, 2.45) is 7.05 Å². The predicted octanol–water partition coefficient (Wildman–Crippen LogP) is 3.62. The highest BCUT2D eigenvalue weighted by atomic mass is 35.5. The second-order valence-corrected chi connectivity index (χ2v) is 4.91. The Kier molecular flexibility index (Phi) is 3.99. The van der Waals surface area contributed by atoms with Crippen molar-refractivity contribution in [3.63, 3.8) is 0 Å². The molecule has 0 spiro atoms. The summed E-state index contributed by atoms with van der Waals surface area (Å²) in [6, 6.07) is 2.25. The molecule has 0 amide bonds. The van der Waals surface area contributed by atoms with Crippen molar-refractivity contribution < 1.29 is 22.7 Å². The van der Waals surface area contributed by atoms with Gasteiger partial charge in [0.05, 0.1) is 11.3 Å². The molecule has 0 radical (unpaired) electrons. The van der Waals surface area contributed by atoms with Crippen LogP contribution in [0.4, 0.5) is 17.6 Å². The van der Waals surface area contributed by atoms with Gasteiger partial charge in [-0.15, -0.1) is 0 Å². The maximum atomic E-state index is 13.5. The highest BCUT2D eigenvalue weighted by Crippen LogP contribution is 2.35. The van der Waals surface area contributed by atoms with Crippen molar-refractivity contribution in [1.29, 1.82) is 0 Å². The molecule has 2 aromatic rings. The van der Waals surface area contributed by atoms with Crippen molar-refractivity contribution in [2.75, 3.05) is 0 Å². The number of aliphatic hydroxyl groups excluding tert-OH is 1. The van der Waals surface area contributed by atoms with Gasteiger partial charge >= 0.3 is 6.18 Å². The van der Waals surface area contributed by atoms with Gasteiger partial charge in [0, 0.05) is 12.6 Å². The second-order valence-electron chi connectivity index (χ2n) is 4.55. The third-order valence-electron chi connectivity index (χ3n) is 3.08. The van der Waals surface area contributed by atoms with E-state index in [4.69, 9.17) is 11.6 Å². The molecular weight excluding hydrogens is 312 g/mol. The Hall–Kier alpha value is -1.60. The van der Waals surface area contributed by atoms with Gasteiger partial charge in [0.1, 0.15) is 17.1 Å². The first-order chi connectivity index (χ1) is 9.62. The van der Waals surface area contributed by atoms with Crippen LogP contribution in [0.25, 0.3) is 0 Å². The Bertz CT molecular complexity index is 682. The fraction of sp³-hybridized carbons (Fsp3) is 0.308. The number of hydrogen-bond acceptors (Lipinski definition) is 2. The quantitative estimate of drug-likeness (QED) is 0.858. The average molecular weight is 323 g/mol. The SMILES string of the molecule is Cc1nn(C)c(Cl)c1C(O)c1ccc(C(F)(F)F)c(F)c1. The topological polar surface area (TPSA) is 38.0 Å². The maximum Gasteiger partial charge on any atom is 0.419 e. The lowest BCUT2D eigenvalue weighted by Crippen LogP contribution is -2.10. The molecule has 114 valence electrons. The Morgan fingerprint density at radius 1 is 1.33 bits per heavy atom. The first-order valence-electron chi connectivity index (χ1n) is 5.86. The Balaban J connectivity index is 2.45. The number of rotatable bonds is 2. The molecule has 8 heteroatoms. The van der Waals surface area contributed by atoms with Gasteiger partial charge < -0.3 is 5.11 Å². The van der Waals surface area contributed by atoms with Crippen LogP contribution in [-0.4, -0.2) is 14.9 Å². The van der Waals surface area contributed by atoms with E-state index in [2.05, 4.69) is 5.10 Å². The van der Waals surface area contributed by atoms with Crippen molar-refractivity contribution >= 4 is 11.6 Å². The van der Waals surface area contributed by atoms with Crippen molar-refractivity contribution in [3.8, 4) is 0 Å². The molecule has 1 atom stereocenters. The van der Waals surface area contributed by atoms with E-state index in [-0.39, 0.29) is 16.3 Å². The van der Waals surface area contributed by atoms with E-state index in [9.17, 15) is 22.7 Å². The number of aliphatic hydroxyl groups is 1. The Morgan fingerprint density at radius 3 is 2.38 bits per heavy atom. The van der Waals surface area contributed by atoms with Gasteiger partial charge in [-0.2, -0.15) is 18.3 Å². The van der Waals surface area contributed by atoms with Crippen molar-refractivity contribution in [3.05, 3.63) is 51.6 Å². The van der Waals surface area contributed by atoms with E-state index < -0.39 is 23.7 Å². The van der Waals surface area contributed by atoms with Gasteiger partial charge in [0.15, 0.2) is 0 Å². The average Bonchev–Trinajstić information content (AvgIpc) is 2.61. The molecule has 1 N–H and O–H groups in total. The van der Waals surface area contributed by atoms with Gasteiger partial charge in [-0.1, -0.05) is 17.7 Å². The van der Waals surface area contributed by atoms with Crippen LogP contribution in [0.2, 0.25) is 5.15 Å².